The van der Waals surface area contributed by atoms with E-state index >= 15 is 0 Å². The molecule has 6 N–H and O–H groups in total. The normalized spacial score (nSPS) is 49.0. The summed E-state index contributed by atoms with van der Waals surface area (Å²) in [6, 6.07) is -0.364. The van der Waals surface area contributed by atoms with Crippen LogP contribution in [-0.2, 0) is 38.0 Å². The number of carbonyl (C=O) groups excluding carboxylic acids is 2. The van der Waals surface area contributed by atoms with Crippen LogP contribution >= 0.6 is 0 Å². The lowest BCUT2D eigenvalue weighted by atomic mass is 9.74. The predicted octanol–water partition coefficient (Wildman–Crippen LogP) is 0.758. The standard InChI is InChI=1S/C37H67NO14/c1-13-25-37(9,46)30(42)20(4)27(40)18(2)15-35(7,45)32(52-34-28(41)24(38(10)11)14-19(3)48-34)21(5)29(23(17-39)33(44)50-25)51-26-16-36(8,47-12)31(43)22(6)49-26/h18-26,28-32,34,39,41-43,45-46H,13-17H2,1-12H3/t18-,19?,20+,21+,22?,23-,24?,25-,26?,28?,29+,30-,31?,32-,34?,35?,36?,37?/m1/s1. The second-order valence-corrected chi connectivity index (χ2v) is 16.5. The molecule has 0 radical (unpaired) electrons. The van der Waals surface area contributed by atoms with Crippen molar-refractivity contribution in [3.05, 3.63) is 0 Å². The zero-order valence-corrected chi connectivity index (χ0v) is 33.1. The van der Waals surface area contributed by atoms with Crippen molar-refractivity contribution >= 4 is 11.8 Å². The van der Waals surface area contributed by atoms with Gasteiger partial charge in [0.25, 0.3) is 0 Å². The molecule has 18 atom stereocenters. The summed E-state index contributed by atoms with van der Waals surface area (Å²) in [5.41, 5.74) is -5.07. The van der Waals surface area contributed by atoms with Crippen LogP contribution in [0.4, 0.5) is 0 Å². The van der Waals surface area contributed by atoms with E-state index in [1.807, 2.05) is 25.9 Å². The summed E-state index contributed by atoms with van der Waals surface area (Å²) in [7, 11) is 5.10. The number of likely N-dealkylation sites (N-methyl/N-ethyl adjacent to an activating group) is 1. The van der Waals surface area contributed by atoms with Gasteiger partial charge < -0.3 is 64.0 Å². The summed E-state index contributed by atoms with van der Waals surface area (Å²) < 4.78 is 36.8. The van der Waals surface area contributed by atoms with Gasteiger partial charge in [-0.2, -0.15) is 0 Å². The highest BCUT2D eigenvalue weighted by Gasteiger charge is 2.54. The fourth-order valence-corrected chi connectivity index (χ4v) is 8.46. The van der Waals surface area contributed by atoms with Crippen molar-refractivity contribution in [1.29, 1.82) is 0 Å². The number of aliphatic hydroxyl groups excluding tert-OH is 4. The number of nitrogens with zero attached hydrogens (tertiary/aromatic N) is 1. The van der Waals surface area contributed by atoms with Crippen molar-refractivity contribution in [2.75, 3.05) is 27.8 Å². The molecule has 304 valence electrons. The maximum absolute atomic E-state index is 14.1. The number of methoxy groups -OCH3 is 1. The molecular weight excluding hydrogens is 682 g/mol. The number of rotatable bonds is 8. The van der Waals surface area contributed by atoms with E-state index in [4.69, 9.17) is 28.4 Å². The Morgan fingerprint density at radius 2 is 1.54 bits per heavy atom. The smallest absolute Gasteiger partial charge is 0.314 e. The highest BCUT2D eigenvalue weighted by atomic mass is 16.7. The maximum Gasteiger partial charge on any atom is 0.314 e. The number of hydrogen-bond acceptors (Lipinski definition) is 15. The van der Waals surface area contributed by atoms with Gasteiger partial charge in [-0.1, -0.05) is 27.7 Å². The molecule has 0 spiro atoms. The van der Waals surface area contributed by atoms with Gasteiger partial charge in [0, 0.05) is 37.3 Å². The van der Waals surface area contributed by atoms with Crippen molar-refractivity contribution in [2.24, 2.45) is 23.7 Å². The number of hydrogen-bond donors (Lipinski definition) is 6. The van der Waals surface area contributed by atoms with Crippen LogP contribution in [0.1, 0.15) is 88.0 Å². The molecule has 3 aliphatic heterocycles. The Bertz CT molecular complexity index is 1190. The Morgan fingerprint density at radius 1 is 0.923 bits per heavy atom. The van der Waals surface area contributed by atoms with Crippen molar-refractivity contribution in [3.63, 3.8) is 0 Å². The first kappa shape index (κ1) is 45.1. The van der Waals surface area contributed by atoms with Crippen molar-refractivity contribution in [1.82, 2.24) is 4.90 Å². The lowest BCUT2D eigenvalue weighted by Gasteiger charge is -2.49. The molecule has 3 rings (SSSR count). The quantitative estimate of drug-likeness (QED) is 0.189. The second kappa shape index (κ2) is 17.6. The first-order valence-electron chi connectivity index (χ1n) is 18.6. The summed E-state index contributed by atoms with van der Waals surface area (Å²) in [4.78, 5) is 29.8. The number of Topliss-reactive ketones (excluding diaryl/α,β-unsaturated/α-hetero) is 1. The van der Waals surface area contributed by atoms with Crippen LogP contribution in [0.2, 0.25) is 0 Å². The second-order valence-electron chi connectivity index (χ2n) is 16.5. The molecular formula is C37H67NO14. The van der Waals surface area contributed by atoms with Crippen LogP contribution in [0.5, 0.6) is 0 Å². The molecule has 3 aliphatic rings. The molecule has 3 saturated heterocycles. The molecule has 3 heterocycles. The Morgan fingerprint density at radius 3 is 2.08 bits per heavy atom. The van der Waals surface area contributed by atoms with Gasteiger partial charge in [0.2, 0.25) is 0 Å². The molecule has 0 aliphatic carbocycles. The van der Waals surface area contributed by atoms with E-state index in [9.17, 15) is 40.2 Å². The summed E-state index contributed by atoms with van der Waals surface area (Å²) >= 11 is 0. The van der Waals surface area contributed by atoms with Gasteiger partial charge in [-0.15, -0.1) is 0 Å². The third-order valence-corrected chi connectivity index (χ3v) is 11.9. The monoisotopic (exact) mass is 749 g/mol. The van der Waals surface area contributed by atoms with Crippen LogP contribution in [0.3, 0.4) is 0 Å². The Labute approximate surface area is 308 Å². The molecule has 0 saturated carbocycles. The average molecular weight is 750 g/mol. The Balaban J connectivity index is 2.22. The summed E-state index contributed by atoms with van der Waals surface area (Å²) in [5.74, 6) is -5.88. The molecule has 0 aromatic heterocycles. The number of ether oxygens (including phenoxy) is 6. The largest absolute Gasteiger partial charge is 0.459 e. The van der Waals surface area contributed by atoms with Gasteiger partial charge >= 0.3 is 5.97 Å². The minimum absolute atomic E-state index is 0.0156. The molecule has 3 fully saturated rings. The topological polar surface area (TPSA) is 214 Å². The zero-order valence-electron chi connectivity index (χ0n) is 33.1. The Hall–Kier alpha value is -1.34. The van der Waals surface area contributed by atoms with Crippen LogP contribution < -0.4 is 0 Å². The zero-order chi connectivity index (χ0) is 39.7. The highest BCUT2D eigenvalue weighted by Crippen LogP contribution is 2.40. The summed E-state index contributed by atoms with van der Waals surface area (Å²) in [6.07, 6.45) is -10.8. The number of aliphatic hydroxyl groups is 6. The number of carbonyl (C=O) groups is 2. The summed E-state index contributed by atoms with van der Waals surface area (Å²) in [5, 5.41) is 68.5. The van der Waals surface area contributed by atoms with Crippen LogP contribution in [0.25, 0.3) is 0 Å². The Kier molecular flexibility index (Phi) is 15.3. The number of ketones is 1. The lowest BCUT2D eigenvalue weighted by Crippen LogP contribution is -2.61. The highest BCUT2D eigenvalue weighted by molar-refractivity contribution is 5.83. The van der Waals surface area contributed by atoms with Crippen molar-refractivity contribution < 1.29 is 68.6 Å². The average Bonchev–Trinajstić information content (AvgIpc) is 3.07. The van der Waals surface area contributed by atoms with Gasteiger partial charge in [0.15, 0.2) is 12.6 Å². The van der Waals surface area contributed by atoms with Gasteiger partial charge in [-0.05, 0) is 68.0 Å². The van der Waals surface area contributed by atoms with Crippen LogP contribution in [-0.4, -0.2) is 159 Å². The van der Waals surface area contributed by atoms with Gasteiger partial charge in [0.05, 0.1) is 48.3 Å². The van der Waals surface area contributed by atoms with E-state index in [0.29, 0.717) is 6.42 Å². The third-order valence-electron chi connectivity index (χ3n) is 11.9. The number of cyclic esters (lactones) is 1. The fraction of sp³-hybridized carbons (Fsp3) is 0.946. The summed E-state index contributed by atoms with van der Waals surface area (Å²) in [6.45, 7) is 13.5. The molecule has 15 heteroatoms. The molecule has 0 aromatic carbocycles. The van der Waals surface area contributed by atoms with E-state index in [2.05, 4.69) is 0 Å². The minimum atomic E-state index is -2.08. The molecule has 0 aromatic rings. The lowest BCUT2D eigenvalue weighted by molar-refractivity contribution is -0.319. The minimum Gasteiger partial charge on any atom is -0.459 e. The van der Waals surface area contributed by atoms with E-state index in [1.165, 1.54) is 27.9 Å². The van der Waals surface area contributed by atoms with Gasteiger partial charge in [-0.25, -0.2) is 0 Å². The van der Waals surface area contributed by atoms with Crippen LogP contribution in [0.15, 0.2) is 0 Å². The van der Waals surface area contributed by atoms with E-state index in [1.54, 1.807) is 34.6 Å². The van der Waals surface area contributed by atoms with Gasteiger partial charge in [0.1, 0.15) is 35.6 Å². The van der Waals surface area contributed by atoms with Gasteiger partial charge in [-0.3, -0.25) is 9.59 Å². The molecule has 15 nitrogen and oxygen atoms in total. The third kappa shape index (κ3) is 9.54. The molecule has 10 unspecified atom stereocenters. The molecule has 0 bridgehead atoms. The van der Waals surface area contributed by atoms with Crippen molar-refractivity contribution in [2.45, 2.75) is 172 Å². The first-order valence-corrected chi connectivity index (χ1v) is 18.6. The molecule has 52 heavy (non-hydrogen) atoms. The number of esters is 1. The predicted molar refractivity (Wildman–Crippen MR) is 188 cm³/mol. The van der Waals surface area contributed by atoms with E-state index in [0.717, 1.165) is 0 Å². The van der Waals surface area contributed by atoms with E-state index < -0.39 is 114 Å². The maximum atomic E-state index is 14.1. The SMILES string of the molecule is CC[C@H]1OC(=O)[C@H](CO)[C@@H](OC2CC(C)(OC)C(O)C(C)O2)[C@H](C)[C@@H](OC2OC(C)CC(N(C)C)C2O)C(C)(O)C[C@@H](C)C(=O)[C@H](C)[C@@H](O)C1(C)O. The van der Waals surface area contributed by atoms with Crippen molar-refractivity contribution in [3.8, 4) is 0 Å². The van der Waals surface area contributed by atoms with Crippen LogP contribution in [0, 0.1) is 23.7 Å². The molecule has 0 amide bonds. The first-order chi connectivity index (χ1) is 24.0. The fourth-order valence-electron chi connectivity index (χ4n) is 8.46. The van der Waals surface area contributed by atoms with E-state index in [-0.39, 0.29) is 31.4 Å².